The van der Waals surface area contributed by atoms with Crippen molar-refractivity contribution >= 4 is 40.9 Å². The molecule has 1 rings (SSSR count). The average Bonchev–Trinajstić information content (AvgIpc) is 2.37. The molecule has 5 nitrogen and oxygen atoms in total. The van der Waals surface area contributed by atoms with Gasteiger partial charge in [-0.1, -0.05) is 31.4 Å². The number of hydrogen-bond acceptors (Lipinski definition) is 4. The molecule has 2 N–H and O–H groups in total. The Labute approximate surface area is 120 Å². The average molecular weight is 303 g/mol. The lowest BCUT2D eigenvalue weighted by atomic mass is 10.3. The molecule has 0 bridgehead atoms. The van der Waals surface area contributed by atoms with Crippen LogP contribution in [0.4, 0.5) is 5.69 Å². The van der Waals surface area contributed by atoms with E-state index in [1.807, 2.05) is 0 Å². The highest BCUT2D eigenvalue weighted by Crippen LogP contribution is 2.27. The number of aliphatic carboxylic acids is 1. The summed E-state index contributed by atoms with van der Waals surface area (Å²) >= 11 is 7.25. The van der Waals surface area contributed by atoms with E-state index in [2.05, 4.69) is 17.2 Å². The van der Waals surface area contributed by atoms with Crippen LogP contribution >= 0.6 is 23.4 Å². The number of hydrogen-bond donors (Lipinski definition) is 2. The smallest absolute Gasteiger partial charge is 0.394 e. The molecule has 0 saturated carbocycles. The van der Waals surface area contributed by atoms with Crippen molar-refractivity contribution in [2.45, 2.75) is 31.2 Å². The summed E-state index contributed by atoms with van der Waals surface area (Å²) in [6.07, 6.45) is 3.26. The first-order chi connectivity index (χ1) is 9.04. The summed E-state index contributed by atoms with van der Waals surface area (Å²) < 4.78 is 0. The number of carbonyl (C=O) groups is 2. The largest absolute Gasteiger partial charge is 0.474 e. The van der Waals surface area contributed by atoms with Gasteiger partial charge in [-0.2, -0.15) is 0 Å². The lowest BCUT2D eigenvalue weighted by Crippen LogP contribution is -2.22. The van der Waals surface area contributed by atoms with Crippen molar-refractivity contribution in [1.29, 1.82) is 0 Å². The van der Waals surface area contributed by atoms with E-state index in [9.17, 15) is 9.59 Å². The number of halogens is 1. The number of thioether (sulfide) groups is 1. The van der Waals surface area contributed by atoms with Gasteiger partial charge in [-0.3, -0.25) is 4.79 Å². The number of anilines is 1. The minimum absolute atomic E-state index is 0.311. The Hall–Kier alpha value is -1.27. The number of nitrogens with zero attached hydrogens (tertiary/aromatic N) is 1. The van der Waals surface area contributed by atoms with E-state index < -0.39 is 11.9 Å². The van der Waals surface area contributed by atoms with Crippen LogP contribution in [0.2, 0.25) is 5.15 Å². The van der Waals surface area contributed by atoms with Crippen molar-refractivity contribution in [3.63, 3.8) is 0 Å². The van der Waals surface area contributed by atoms with Gasteiger partial charge in [-0.05, 0) is 24.3 Å². The van der Waals surface area contributed by atoms with E-state index >= 15 is 0 Å². The maximum atomic E-state index is 11.1. The van der Waals surface area contributed by atoms with Crippen LogP contribution in [0.25, 0.3) is 0 Å². The van der Waals surface area contributed by atoms with Crippen LogP contribution in [-0.2, 0) is 9.59 Å². The van der Waals surface area contributed by atoms with Gasteiger partial charge < -0.3 is 10.4 Å². The molecular weight excluding hydrogens is 288 g/mol. The number of carboxylic acid groups (broad SMARTS) is 1. The van der Waals surface area contributed by atoms with Crippen LogP contribution in [-0.4, -0.2) is 27.7 Å². The van der Waals surface area contributed by atoms with Crippen LogP contribution in [0.1, 0.15) is 26.2 Å². The molecule has 1 aromatic rings. The molecule has 0 fully saturated rings. The number of aromatic nitrogens is 1. The molecule has 1 amide bonds. The van der Waals surface area contributed by atoms with Crippen molar-refractivity contribution < 1.29 is 14.7 Å². The van der Waals surface area contributed by atoms with Gasteiger partial charge in [0.05, 0.1) is 5.69 Å². The fraction of sp³-hybridized carbons (Fsp3) is 0.417. The second-order valence-corrected chi connectivity index (χ2v) is 5.27. The molecule has 0 radical (unpaired) electrons. The standard InChI is InChI=1S/C12H15ClN2O3S/c1-2-3-4-7-19-11-8(5-6-9(13)15-11)14-10(16)12(17)18/h5-6H,2-4,7H2,1H3,(H,14,16)(H,17,18). The van der Waals surface area contributed by atoms with E-state index in [0.717, 1.165) is 25.0 Å². The summed E-state index contributed by atoms with van der Waals surface area (Å²) in [4.78, 5) is 25.8. The molecule has 0 saturated heterocycles. The molecule has 0 aliphatic heterocycles. The van der Waals surface area contributed by atoms with Crippen molar-refractivity contribution in [3.8, 4) is 0 Å². The Bertz CT molecular complexity index is 468. The SMILES string of the molecule is CCCCCSc1nc(Cl)ccc1NC(=O)C(=O)O. The van der Waals surface area contributed by atoms with Crippen LogP contribution in [0.5, 0.6) is 0 Å². The first kappa shape index (κ1) is 15.8. The summed E-state index contributed by atoms with van der Waals surface area (Å²) in [5, 5.41) is 11.7. The van der Waals surface area contributed by atoms with E-state index in [4.69, 9.17) is 16.7 Å². The summed E-state index contributed by atoms with van der Waals surface area (Å²) in [7, 11) is 0. The number of unbranched alkanes of at least 4 members (excludes halogenated alkanes) is 2. The van der Waals surface area contributed by atoms with Crippen LogP contribution in [0.3, 0.4) is 0 Å². The fourth-order valence-corrected chi connectivity index (χ4v) is 2.50. The van der Waals surface area contributed by atoms with Crippen molar-refractivity contribution in [2.75, 3.05) is 11.1 Å². The van der Waals surface area contributed by atoms with Gasteiger partial charge in [0, 0.05) is 0 Å². The highest BCUT2D eigenvalue weighted by atomic mass is 35.5. The fourth-order valence-electron chi connectivity index (χ4n) is 1.32. The molecular formula is C12H15ClN2O3S. The Balaban J connectivity index is 2.73. The summed E-state index contributed by atoms with van der Waals surface area (Å²) in [6, 6.07) is 3.06. The van der Waals surface area contributed by atoms with Gasteiger partial charge in [0.15, 0.2) is 0 Å². The Morgan fingerprint density at radius 2 is 2.16 bits per heavy atom. The van der Waals surface area contributed by atoms with E-state index in [1.165, 1.54) is 17.8 Å². The minimum Gasteiger partial charge on any atom is -0.474 e. The lowest BCUT2D eigenvalue weighted by Gasteiger charge is -2.08. The van der Waals surface area contributed by atoms with Gasteiger partial charge in [-0.25, -0.2) is 9.78 Å². The maximum absolute atomic E-state index is 11.1. The third-order valence-electron chi connectivity index (χ3n) is 2.26. The first-order valence-electron chi connectivity index (χ1n) is 5.88. The minimum atomic E-state index is -1.53. The second-order valence-electron chi connectivity index (χ2n) is 3.80. The molecule has 0 unspecified atom stereocenters. The van der Waals surface area contributed by atoms with Crippen molar-refractivity contribution in [3.05, 3.63) is 17.3 Å². The quantitative estimate of drug-likeness (QED) is 0.365. The van der Waals surface area contributed by atoms with E-state index in [0.29, 0.717) is 15.9 Å². The first-order valence-corrected chi connectivity index (χ1v) is 7.24. The predicted molar refractivity (Wildman–Crippen MR) is 75.8 cm³/mol. The molecule has 0 spiro atoms. The van der Waals surface area contributed by atoms with E-state index in [-0.39, 0.29) is 0 Å². The Morgan fingerprint density at radius 1 is 1.42 bits per heavy atom. The molecule has 0 atom stereocenters. The molecule has 1 aromatic heterocycles. The van der Waals surface area contributed by atoms with Crippen molar-refractivity contribution in [1.82, 2.24) is 4.98 Å². The van der Waals surface area contributed by atoms with Gasteiger partial charge >= 0.3 is 11.9 Å². The van der Waals surface area contributed by atoms with E-state index in [1.54, 1.807) is 6.07 Å². The number of amides is 1. The zero-order valence-electron chi connectivity index (χ0n) is 10.5. The zero-order chi connectivity index (χ0) is 14.3. The molecule has 7 heteroatoms. The third-order valence-corrected chi connectivity index (χ3v) is 3.54. The van der Waals surface area contributed by atoms with Gasteiger partial charge in [0.2, 0.25) is 0 Å². The van der Waals surface area contributed by atoms with Gasteiger partial charge in [0.25, 0.3) is 0 Å². The lowest BCUT2D eigenvalue weighted by molar-refractivity contribution is -0.147. The van der Waals surface area contributed by atoms with Gasteiger partial charge in [-0.15, -0.1) is 11.8 Å². The van der Waals surface area contributed by atoms with Crippen LogP contribution in [0, 0.1) is 0 Å². The topological polar surface area (TPSA) is 79.3 Å². The molecule has 104 valence electrons. The third kappa shape index (κ3) is 5.48. The molecule has 1 heterocycles. The summed E-state index contributed by atoms with van der Waals surface area (Å²) in [5.41, 5.74) is 0.373. The second kappa shape index (κ2) is 8.01. The highest BCUT2D eigenvalue weighted by molar-refractivity contribution is 7.99. The Morgan fingerprint density at radius 3 is 2.79 bits per heavy atom. The monoisotopic (exact) mass is 302 g/mol. The number of rotatable bonds is 6. The summed E-state index contributed by atoms with van der Waals surface area (Å²) in [5.74, 6) is -1.77. The molecule has 0 aromatic carbocycles. The number of carbonyl (C=O) groups excluding carboxylic acids is 1. The predicted octanol–water partition coefficient (Wildman–Crippen LogP) is 3.04. The van der Waals surface area contributed by atoms with Crippen LogP contribution in [0.15, 0.2) is 17.2 Å². The normalized spacial score (nSPS) is 10.2. The molecule has 0 aliphatic carbocycles. The van der Waals surface area contributed by atoms with Crippen molar-refractivity contribution in [2.24, 2.45) is 0 Å². The Kier molecular flexibility index (Phi) is 6.66. The highest BCUT2D eigenvalue weighted by Gasteiger charge is 2.14. The maximum Gasteiger partial charge on any atom is 0.394 e. The zero-order valence-corrected chi connectivity index (χ0v) is 12.1. The molecule has 19 heavy (non-hydrogen) atoms. The number of nitrogens with one attached hydrogen (secondary N) is 1. The summed E-state index contributed by atoms with van der Waals surface area (Å²) in [6.45, 7) is 2.11. The number of pyridine rings is 1. The molecule has 0 aliphatic rings. The van der Waals surface area contributed by atoms with Gasteiger partial charge in [0.1, 0.15) is 10.2 Å². The van der Waals surface area contributed by atoms with Crippen LogP contribution < -0.4 is 5.32 Å². The number of carboxylic acids is 1.